The van der Waals surface area contributed by atoms with E-state index in [1.807, 2.05) is 28.0 Å². The van der Waals surface area contributed by atoms with Crippen molar-refractivity contribution >= 4 is 34.8 Å². The summed E-state index contributed by atoms with van der Waals surface area (Å²) in [6.45, 7) is 3.27. The van der Waals surface area contributed by atoms with Crippen molar-refractivity contribution in [2.45, 2.75) is 12.5 Å². The first-order valence-corrected chi connectivity index (χ1v) is 11.3. The summed E-state index contributed by atoms with van der Waals surface area (Å²) in [6.07, 6.45) is 2.37. The molecule has 8 heteroatoms. The molecule has 1 fully saturated rings. The number of anilines is 1. The van der Waals surface area contributed by atoms with E-state index in [9.17, 15) is 4.79 Å². The Labute approximate surface area is 184 Å². The van der Waals surface area contributed by atoms with E-state index in [2.05, 4.69) is 33.5 Å². The number of morpholine rings is 1. The number of hydrogen-bond donors (Lipinski definition) is 0. The lowest BCUT2D eigenvalue weighted by Gasteiger charge is -2.36. The Morgan fingerprint density at radius 3 is 2.73 bits per heavy atom. The first kappa shape index (κ1) is 19.5. The molecule has 1 saturated heterocycles. The van der Waals surface area contributed by atoms with Crippen LogP contribution >= 0.6 is 22.9 Å². The smallest absolute Gasteiger partial charge is 0.275 e. The maximum Gasteiger partial charge on any atom is 0.275 e. The van der Waals surface area contributed by atoms with Crippen molar-refractivity contribution in [3.63, 3.8) is 0 Å². The molecule has 30 heavy (non-hydrogen) atoms. The van der Waals surface area contributed by atoms with E-state index in [0.717, 1.165) is 12.0 Å². The summed E-state index contributed by atoms with van der Waals surface area (Å²) >= 11 is 8.16. The summed E-state index contributed by atoms with van der Waals surface area (Å²) < 4.78 is 5.41. The lowest BCUT2D eigenvalue weighted by atomic mass is 9.93. The standard InChI is InChI=1S/C22H21ClN4O2S/c23-17-14-24-22(26-9-11-29-12-10-26)25-19(17)21(28)27-8-6-18-16(7-13-30-18)20(27)15-4-2-1-3-5-15/h1-5,7,13-14,20H,6,8-12H2. The number of carbonyl (C=O) groups excluding carboxylic acids is 1. The van der Waals surface area contributed by atoms with E-state index >= 15 is 0 Å². The Balaban J connectivity index is 1.52. The van der Waals surface area contributed by atoms with Crippen molar-refractivity contribution in [3.05, 3.63) is 74.7 Å². The first-order valence-electron chi connectivity index (χ1n) is 10.00. The summed E-state index contributed by atoms with van der Waals surface area (Å²) in [5.41, 5.74) is 2.53. The zero-order valence-electron chi connectivity index (χ0n) is 16.3. The number of halogens is 1. The number of fused-ring (bicyclic) bond motifs is 1. The van der Waals surface area contributed by atoms with Crippen LogP contribution in [0.5, 0.6) is 0 Å². The molecule has 1 unspecified atom stereocenters. The molecule has 4 heterocycles. The second kappa shape index (κ2) is 8.34. The second-order valence-electron chi connectivity index (χ2n) is 7.33. The van der Waals surface area contributed by atoms with Crippen molar-refractivity contribution in [3.8, 4) is 0 Å². The third-order valence-corrected chi connectivity index (χ3v) is 6.84. The van der Waals surface area contributed by atoms with Gasteiger partial charge in [-0.25, -0.2) is 9.97 Å². The molecule has 1 amide bonds. The van der Waals surface area contributed by atoms with Gasteiger partial charge in [0, 0.05) is 24.5 Å². The summed E-state index contributed by atoms with van der Waals surface area (Å²) in [5.74, 6) is 0.359. The minimum absolute atomic E-state index is 0.147. The molecular formula is C22H21ClN4O2S. The molecular weight excluding hydrogens is 420 g/mol. The lowest BCUT2D eigenvalue weighted by Crippen LogP contribution is -2.41. The number of carbonyl (C=O) groups is 1. The predicted molar refractivity (Wildman–Crippen MR) is 117 cm³/mol. The second-order valence-corrected chi connectivity index (χ2v) is 8.73. The van der Waals surface area contributed by atoms with Gasteiger partial charge in [0.25, 0.3) is 5.91 Å². The Hall–Kier alpha value is -2.48. The van der Waals surface area contributed by atoms with Crippen molar-refractivity contribution in [1.82, 2.24) is 14.9 Å². The normalized spacial score (nSPS) is 18.9. The molecule has 154 valence electrons. The average Bonchev–Trinajstić information content (AvgIpc) is 3.28. The predicted octanol–water partition coefficient (Wildman–Crippen LogP) is 3.82. The zero-order valence-corrected chi connectivity index (χ0v) is 17.9. The molecule has 1 aromatic carbocycles. The third-order valence-electron chi connectivity index (χ3n) is 5.57. The van der Waals surface area contributed by atoms with E-state index in [1.165, 1.54) is 16.6 Å². The van der Waals surface area contributed by atoms with Crippen molar-refractivity contribution in [2.75, 3.05) is 37.7 Å². The number of rotatable bonds is 3. The molecule has 3 aromatic rings. The van der Waals surface area contributed by atoms with E-state index in [-0.39, 0.29) is 22.7 Å². The fourth-order valence-electron chi connectivity index (χ4n) is 4.09. The summed E-state index contributed by atoms with van der Waals surface area (Å²) in [5, 5.41) is 2.38. The van der Waals surface area contributed by atoms with Gasteiger partial charge in [0.1, 0.15) is 0 Å². The van der Waals surface area contributed by atoms with Crippen molar-refractivity contribution < 1.29 is 9.53 Å². The number of hydrogen-bond acceptors (Lipinski definition) is 6. The van der Waals surface area contributed by atoms with Crippen LogP contribution in [0.25, 0.3) is 0 Å². The molecule has 2 aliphatic heterocycles. The van der Waals surface area contributed by atoms with Gasteiger partial charge in [-0.2, -0.15) is 0 Å². The monoisotopic (exact) mass is 440 g/mol. The third kappa shape index (κ3) is 3.57. The quantitative estimate of drug-likeness (QED) is 0.619. The van der Waals surface area contributed by atoms with Crippen LogP contribution in [-0.4, -0.2) is 53.6 Å². The summed E-state index contributed by atoms with van der Waals surface area (Å²) in [7, 11) is 0. The van der Waals surface area contributed by atoms with Crippen LogP contribution in [0.3, 0.4) is 0 Å². The first-order chi connectivity index (χ1) is 14.7. The molecule has 0 spiro atoms. The van der Waals surface area contributed by atoms with E-state index < -0.39 is 0 Å². The number of aromatic nitrogens is 2. The SMILES string of the molecule is O=C(c1nc(N2CCOCC2)ncc1Cl)N1CCc2sccc2C1c1ccccc1. The van der Waals surface area contributed by atoms with Crippen LogP contribution < -0.4 is 4.90 Å². The number of thiophene rings is 1. The molecule has 5 rings (SSSR count). The van der Waals surface area contributed by atoms with Crippen LogP contribution in [0.1, 0.15) is 32.5 Å². The van der Waals surface area contributed by atoms with Crippen molar-refractivity contribution in [1.29, 1.82) is 0 Å². The highest BCUT2D eigenvalue weighted by Crippen LogP contribution is 2.38. The Bertz CT molecular complexity index is 1050. The molecule has 0 aliphatic carbocycles. The molecule has 0 saturated carbocycles. The van der Waals surface area contributed by atoms with Gasteiger partial charge in [0.15, 0.2) is 5.69 Å². The molecule has 0 N–H and O–H groups in total. The van der Waals surface area contributed by atoms with Gasteiger partial charge in [-0.3, -0.25) is 4.79 Å². The summed E-state index contributed by atoms with van der Waals surface area (Å²) in [4.78, 5) is 27.9. The van der Waals surface area contributed by atoms with Crippen LogP contribution in [0.4, 0.5) is 5.95 Å². The highest BCUT2D eigenvalue weighted by Gasteiger charge is 2.35. The number of ether oxygens (including phenoxy) is 1. The Morgan fingerprint density at radius 2 is 1.93 bits per heavy atom. The number of amides is 1. The minimum Gasteiger partial charge on any atom is -0.378 e. The largest absolute Gasteiger partial charge is 0.378 e. The molecule has 0 bridgehead atoms. The minimum atomic E-state index is -0.164. The van der Waals surface area contributed by atoms with Crippen LogP contribution in [0.2, 0.25) is 5.02 Å². The van der Waals surface area contributed by atoms with E-state index in [0.29, 0.717) is 38.8 Å². The average molecular weight is 441 g/mol. The van der Waals surface area contributed by atoms with Crippen LogP contribution in [0, 0.1) is 0 Å². The van der Waals surface area contributed by atoms with Gasteiger partial charge in [0.2, 0.25) is 5.95 Å². The highest BCUT2D eigenvalue weighted by molar-refractivity contribution is 7.10. The van der Waals surface area contributed by atoms with Crippen LogP contribution in [-0.2, 0) is 11.2 Å². The van der Waals surface area contributed by atoms with E-state index in [1.54, 1.807) is 11.3 Å². The Morgan fingerprint density at radius 1 is 1.13 bits per heavy atom. The maximum atomic E-state index is 13.7. The number of benzene rings is 1. The highest BCUT2D eigenvalue weighted by atomic mass is 35.5. The fraction of sp³-hybridized carbons (Fsp3) is 0.318. The van der Waals surface area contributed by atoms with Gasteiger partial charge in [0.05, 0.1) is 30.5 Å². The van der Waals surface area contributed by atoms with Gasteiger partial charge < -0.3 is 14.5 Å². The molecule has 1 atom stereocenters. The molecule has 0 radical (unpaired) electrons. The molecule has 2 aliphatic rings. The van der Waals surface area contributed by atoms with Gasteiger partial charge in [-0.05, 0) is 29.0 Å². The topological polar surface area (TPSA) is 58.6 Å². The zero-order chi connectivity index (χ0) is 20.5. The van der Waals surface area contributed by atoms with E-state index in [4.69, 9.17) is 16.3 Å². The summed E-state index contributed by atoms with van der Waals surface area (Å²) in [6, 6.07) is 12.1. The van der Waals surface area contributed by atoms with Crippen molar-refractivity contribution in [2.24, 2.45) is 0 Å². The maximum absolute atomic E-state index is 13.7. The number of nitrogens with zero attached hydrogens (tertiary/aromatic N) is 4. The van der Waals surface area contributed by atoms with Gasteiger partial charge >= 0.3 is 0 Å². The van der Waals surface area contributed by atoms with Crippen LogP contribution in [0.15, 0.2) is 48.0 Å². The Kier molecular flexibility index (Phi) is 5.41. The molecule has 2 aromatic heterocycles. The molecule has 6 nitrogen and oxygen atoms in total. The lowest BCUT2D eigenvalue weighted by molar-refractivity contribution is 0.0690. The van der Waals surface area contributed by atoms with Gasteiger partial charge in [-0.1, -0.05) is 41.9 Å². The fourth-order valence-corrected chi connectivity index (χ4v) is 5.17. The van der Waals surface area contributed by atoms with Gasteiger partial charge in [-0.15, -0.1) is 11.3 Å².